The van der Waals surface area contributed by atoms with Crippen LogP contribution in [0.4, 0.5) is 4.79 Å². The summed E-state index contributed by atoms with van der Waals surface area (Å²) >= 11 is 0. The molecular formula is C19H36N2Na2O3. The number of unbranched alkanes of at least 4 members (excludes halogenated alkanes) is 8. The average Bonchev–Trinajstić information content (AvgIpc) is 2.56. The van der Waals surface area contributed by atoms with Crippen molar-refractivity contribution in [1.29, 1.82) is 0 Å². The number of hydrogen-bond donors (Lipinski definition) is 3. The third kappa shape index (κ3) is 18.1. The number of carbonyl (C=O) groups excluding carboxylic acids is 1. The third-order valence-corrected chi connectivity index (χ3v) is 4.79. The molecule has 7 heteroatoms. The molecule has 2 amide bonds. The van der Waals surface area contributed by atoms with Crippen molar-refractivity contribution in [3.8, 4) is 0 Å². The molecule has 0 bridgehead atoms. The van der Waals surface area contributed by atoms with Crippen LogP contribution in [0.15, 0.2) is 0 Å². The molecule has 1 aliphatic carbocycles. The van der Waals surface area contributed by atoms with Gasteiger partial charge in [-0.3, -0.25) is 4.79 Å². The molecule has 0 heterocycles. The normalized spacial score (nSPS) is 14.0. The summed E-state index contributed by atoms with van der Waals surface area (Å²) < 4.78 is 0. The van der Waals surface area contributed by atoms with Gasteiger partial charge in [0.15, 0.2) is 0 Å². The molecule has 1 aliphatic rings. The number of nitrogens with one attached hydrogen (secondary N) is 2. The summed E-state index contributed by atoms with van der Waals surface area (Å²) in [7, 11) is 0. The molecule has 1 saturated carbocycles. The zero-order valence-corrected chi connectivity index (χ0v) is 21.2. The van der Waals surface area contributed by atoms with Crippen LogP contribution >= 0.6 is 0 Å². The Morgan fingerprint density at radius 3 is 1.81 bits per heavy atom. The van der Waals surface area contributed by atoms with Gasteiger partial charge in [0.25, 0.3) is 0 Å². The van der Waals surface area contributed by atoms with E-state index in [-0.39, 0.29) is 65.1 Å². The van der Waals surface area contributed by atoms with Crippen LogP contribution < -0.4 is 10.6 Å². The Bertz CT molecular complexity index is 352. The minimum atomic E-state index is -0.684. The van der Waals surface area contributed by atoms with E-state index >= 15 is 0 Å². The molecular weight excluding hydrogens is 350 g/mol. The van der Waals surface area contributed by atoms with Crippen molar-refractivity contribution in [1.82, 2.24) is 10.6 Å². The van der Waals surface area contributed by atoms with E-state index in [2.05, 4.69) is 10.6 Å². The summed E-state index contributed by atoms with van der Waals surface area (Å²) in [6.07, 6.45) is 16.5. The van der Waals surface area contributed by atoms with Crippen molar-refractivity contribution in [2.75, 3.05) is 6.54 Å². The van der Waals surface area contributed by atoms with Crippen LogP contribution in [0, 0.1) is 0 Å². The number of carboxylic acid groups (broad SMARTS) is 1. The van der Waals surface area contributed by atoms with Crippen LogP contribution in [0.3, 0.4) is 0 Å². The molecule has 0 aromatic carbocycles. The average molecular weight is 386 g/mol. The van der Waals surface area contributed by atoms with E-state index in [4.69, 9.17) is 5.11 Å². The van der Waals surface area contributed by atoms with Crippen molar-refractivity contribution >= 4 is 71.1 Å². The van der Waals surface area contributed by atoms with Crippen molar-refractivity contribution in [3.63, 3.8) is 0 Å². The van der Waals surface area contributed by atoms with Gasteiger partial charge in [0, 0.05) is 78.1 Å². The molecule has 0 unspecified atom stereocenters. The Morgan fingerprint density at radius 1 is 0.769 bits per heavy atom. The monoisotopic (exact) mass is 386 g/mol. The molecule has 0 saturated heterocycles. The Kier molecular flexibility index (Phi) is 22.8. The number of carboxylic acids is 1. The van der Waals surface area contributed by atoms with Gasteiger partial charge in [0.05, 0.1) is 0 Å². The van der Waals surface area contributed by atoms with Gasteiger partial charge in [-0.2, -0.15) is 0 Å². The zero-order valence-electron chi connectivity index (χ0n) is 17.2. The van der Waals surface area contributed by atoms with Crippen LogP contribution in [-0.2, 0) is 4.79 Å². The number of carbonyl (C=O) groups is 2. The van der Waals surface area contributed by atoms with Crippen molar-refractivity contribution in [2.45, 2.75) is 102 Å². The van der Waals surface area contributed by atoms with Crippen molar-refractivity contribution in [3.05, 3.63) is 0 Å². The van der Waals surface area contributed by atoms with Gasteiger partial charge in [-0.15, -0.1) is 0 Å². The van der Waals surface area contributed by atoms with Crippen LogP contribution in [0.5, 0.6) is 0 Å². The molecule has 5 nitrogen and oxygen atoms in total. The van der Waals surface area contributed by atoms with Crippen LogP contribution in [0.1, 0.15) is 96.3 Å². The SMILES string of the molecule is O=C(O)CCCCCCCCCCCNC(=O)NC1CCCCC1.[Na].[Na]. The van der Waals surface area contributed by atoms with Gasteiger partial charge in [0.2, 0.25) is 0 Å². The minimum Gasteiger partial charge on any atom is -0.481 e. The smallest absolute Gasteiger partial charge is 0.315 e. The summed E-state index contributed by atoms with van der Waals surface area (Å²) in [4.78, 5) is 22.1. The van der Waals surface area contributed by atoms with Gasteiger partial charge in [-0.1, -0.05) is 64.2 Å². The van der Waals surface area contributed by atoms with E-state index in [1.165, 1.54) is 51.4 Å². The second kappa shape index (κ2) is 20.5. The van der Waals surface area contributed by atoms with Gasteiger partial charge >= 0.3 is 12.0 Å². The first-order valence-electron chi connectivity index (χ1n) is 9.94. The largest absolute Gasteiger partial charge is 0.481 e. The molecule has 0 aliphatic heterocycles. The molecule has 142 valence electrons. The maximum Gasteiger partial charge on any atom is 0.315 e. The summed E-state index contributed by atoms with van der Waals surface area (Å²) in [6.45, 7) is 0.772. The van der Waals surface area contributed by atoms with E-state index in [0.717, 1.165) is 45.1 Å². The van der Waals surface area contributed by atoms with Crippen molar-refractivity contribution < 1.29 is 14.7 Å². The van der Waals surface area contributed by atoms with Crippen LogP contribution in [0.2, 0.25) is 0 Å². The molecule has 0 atom stereocenters. The second-order valence-corrected chi connectivity index (χ2v) is 7.06. The first-order valence-corrected chi connectivity index (χ1v) is 9.94. The molecule has 1 fully saturated rings. The summed E-state index contributed by atoms with van der Waals surface area (Å²) in [6, 6.07) is 0.387. The number of hydrogen-bond acceptors (Lipinski definition) is 2. The summed E-state index contributed by atoms with van der Waals surface area (Å²) in [5.74, 6) is -0.684. The molecule has 0 aromatic rings. The van der Waals surface area contributed by atoms with Gasteiger partial charge in [-0.05, 0) is 25.7 Å². The Labute approximate surface area is 203 Å². The Morgan fingerprint density at radius 2 is 1.27 bits per heavy atom. The van der Waals surface area contributed by atoms with E-state index in [1.54, 1.807) is 0 Å². The van der Waals surface area contributed by atoms with E-state index in [9.17, 15) is 9.59 Å². The molecule has 26 heavy (non-hydrogen) atoms. The first-order chi connectivity index (χ1) is 11.7. The standard InChI is InChI=1S/C19H36N2O3.2Na/c22-18(23)15-11-6-4-2-1-3-5-7-12-16-20-19(24)21-17-13-9-8-10-14-17;;/h17H,1-16H2,(H,22,23)(H2,20,21,24);;. The maximum absolute atomic E-state index is 11.8. The fourth-order valence-electron chi connectivity index (χ4n) is 3.32. The van der Waals surface area contributed by atoms with E-state index < -0.39 is 5.97 Å². The quantitative estimate of drug-likeness (QED) is 0.332. The maximum atomic E-state index is 11.8. The zero-order chi connectivity index (χ0) is 17.5. The number of aliphatic carboxylic acids is 1. The fraction of sp³-hybridized carbons (Fsp3) is 0.895. The molecule has 0 aromatic heterocycles. The van der Waals surface area contributed by atoms with Gasteiger partial charge in [-0.25, -0.2) is 4.79 Å². The van der Waals surface area contributed by atoms with E-state index in [1.807, 2.05) is 0 Å². The predicted molar refractivity (Wildman–Crippen MR) is 109 cm³/mol. The number of urea groups is 1. The van der Waals surface area contributed by atoms with Crippen LogP contribution in [-0.4, -0.2) is 88.8 Å². The summed E-state index contributed by atoms with van der Waals surface area (Å²) in [5, 5.41) is 14.6. The molecule has 3 N–H and O–H groups in total. The predicted octanol–water partition coefficient (Wildman–Crippen LogP) is 3.84. The van der Waals surface area contributed by atoms with Gasteiger partial charge in [0.1, 0.15) is 0 Å². The number of amides is 2. The minimum absolute atomic E-state index is 0. The topological polar surface area (TPSA) is 78.4 Å². The molecule has 1 rings (SSSR count). The van der Waals surface area contributed by atoms with Gasteiger partial charge < -0.3 is 15.7 Å². The Balaban J connectivity index is 0. The van der Waals surface area contributed by atoms with Crippen molar-refractivity contribution in [2.24, 2.45) is 0 Å². The molecule has 2 radical (unpaired) electrons. The third-order valence-electron chi connectivity index (χ3n) is 4.79. The van der Waals surface area contributed by atoms with Crippen LogP contribution in [0.25, 0.3) is 0 Å². The second-order valence-electron chi connectivity index (χ2n) is 7.06. The Hall–Kier alpha value is 0.740. The summed E-state index contributed by atoms with van der Waals surface area (Å²) in [5.41, 5.74) is 0. The molecule has 0 spiro atoms. The first kappa shape index (κ1) is 28.9. The van der Waals surface area contributed by atoms with E-state index in [0.29, 0.717) is 12.5 Å². The number of rotatable bonds is 13. The fourth-order valence-corrected chi connectivity index (χ4v) is 3.32.